The van der Waals surface area contributed by atoms with Gasteiger partial charge >= 0.3 is 0 Å². The lowest BCUT2D eigenvalue weighted by Gasteiger charge is -2.22. The van der Waals surface area contributed by atoms with Crippen molar-refractivity contribution in [2.45, 2.75) is 19.4 Å². The number of halogens is 1. The summed E-state index contributed by atoms with van der Waals surface area (Å²) >= 11 is 6.05. The van der Waals surface area contributed by atoms with Crippen LogP contribution < -0.4 is 9.62 Å². The van der Waals surface area contributed by atoms with Gasteiger partial charge in [-0.15, -0.1) is 0 Å². The van der Waals surface area contributed by atoms with E-state index in [9.17, 15) is 13.2 Å². The number of nitrogens with one attached hydrogen (secondary N) is 1. The van der Waals surface area contributed by atoms with Gasteiger partial charge in [0.25, 0.3) is 0 Å². The van der Waals surface area contributed by atoms with E-state index in [0.29, 0.717) is 23.7 Å². The van der Waals surface area contributed by atoms with Crippen LogP contribution in [0.25, 0.3) is 0 Å². The van der Waals surface area contributed by atoms with Crippen molar-refractivity contribution in [3.63, 3.8) is 0 Å². The number of rotatable bonds is 8. The third-order valence-corrected chi connectivity index (χ3v) is 5.21. The van der Waals surface area contributed by atoms with Crippen molar-refractivity contribution in [2.75, 3.05) is 17.1 Å². The van der Waals surface area contributed by atoms with E-state index in [1.54, 1.807) is 30.3 Å². The minimum Gasteiger partial charge on any atom is -0.352 e. The molecule has 2 rings (SSSR count). The lowest BCUT2D eigenvalue weighted by atomic mass is 10.2. The van der Waals surface area contributed by atoms with Crippen LogP contribution in [0.15, 0.2) is 54.6 Å². The molecule has 5 nitrogen and oxygen atoms in total. The van der Waals surface area contributed by atoms with E-state index in [1.165, 1.54) is 4.31 Å². The van der Waals surface area contributed by atoms with Crippen LogP contribution in [0.3, 0.4) is 0 Å². The summed E-state index contributed by atoms with van der Waals surface area (Å²) in [5.74, 6) is -0.138. The van der Waals surface area contributed by atoms with Gasteiger partial charge in [-0.2, -0.15) is 0 Å². The van der Waals surface area contributed by atoms with Gasteiger partial charge in [-0.3, -0.25) is 9.10 Å². The summed E-state index contributed by atoms with van der Waals surface area (Å²) in [5, 5.41) is 3.41. The van der Waals surface area contributed by atoms with Crippen molar-refractivity contribution in [3.05, 3.63) is 65.2 Å². The lowest BCUT2D eigenvalue weighted by Crippen LogP contribution is -2.32. The van der Waals surface area contributed by atoms with Crippen molar-refractivity contribution < 1.29 is 13.2 Å². The van der Waals surface area contributed by atoms with Gasteiger partial charge < -0.3 is 5.32 Å². The van der Waals surface area contributed by atoms with Crippen LogP contribution in [0.5, 0.6) is 0 Å². The molecule has 0 saturated heterocycles. The molecule has 0 aliphatic carbocycles. The average Bonchev–Trinajstić information content (AvgIpc) is 2.57. The predicted octanol–water partition coefficient (Wildman–Crippen LogP) is 3.20. The minimum absolute atomic E-state index is 0.138. The Bertz CT molecular complexity index is 810. The topological polar surface area (TPSA) is 66.5 Å². The van der Waals surface area contributed by atoms with Gasteiger partial charge in [-0.25, -0.2) is 8.42 Å². The molecule has 7 heteroatoms. The average molecular weight is 381 g/mol. The second kappa shape index (κ2) is 8.87. The Morgan fingerprint density at radius 1 is 1.08 bits per heavy atom. The fraction of sp³-hybridized carbons (Fsp3) is 0.278. The maximum absolute atomic E-state index is 12.0. The second-order valence-electron chi connectivity index (χ2n) is 5.64. The van der Waals surface area contributed by atoms with Crippen molar-refractivity contribution in [3.8, 4) is 0 Å². The first-order valence-corrected chi connectivity index (χ1v) is 10.1. The molecular formula is C18H21ClN2O3S. The number of nitrogens with zero attached hydrogens (tertiary/aromatic N) is 1. The quantitative estimate of drug-likeness (QED) is 0.764. The Hall–Kier alpha value is -2.05. The van der Waals surface area contributed by atoms with Gasteiger partial charge in [0, 0.05) is 24.5 Å². The lowest BCUT2D eigenvalue weighted by molar-refractivity contribution is -0.121. The first kappa shape index (κ1) is 19.3. The van der Waals surface area contributed by atoms with Crippen molar-refractivity contribution in [1.29, 1.82) is 0 Å². The van der Waals surface area contributed by atoms with E-state index < -0.39 is 10.0 Å². The third-order valence-electron chi connectivity index (χ3n) is 3.64. The van der Waals surface area contributed by atoms with Crippen LogP contribution in [-0.2, 0) is 21.4 Å². The molecule has 0 atom stereocenters. The van der Waals surface area contributed by atoms with E-state index >= 15 is 0 Å². The van der Waals surface area contributed by atoms with Crippen molar-refractivity contribution in [2.24, 2.45) is 0 Å². The van der Waals surface area contributed by atoms with Crippen LogP contribution >= 0.6 is 11.6 Å². The van der Waals surface area contributed by atoms with Crippen LogP contribution in [0.4, 0.5) is 5.69 Å². The molecule has 0 aromatic heterocycles. The molecule has 0 spiro atoms. The Labute approximate surface area is 153 Å². The highest BCUT2D eigenvalue weighted by molar-refractivity contribution is 7.92. The molecule has 0 bridgehead atoms. The van der Waals surface area contributed by atoms with E-state index in [1.807, 2.05) is 24.3 Å². The maximum Gasteiger partial charge on any atom is 0.232 e. The van der Waals surface area contributed by atoms with E-state index in [2.05, 4.69) is 5.32 Å². The maximum atomic E-state index is 12.0. The number of anilines is 1. The third kappa shape index (κ3) is 6.07. The van der Waals surface area contributed by atoms with E-state index in [4.69, 9.17) is 11.6 Å². The molecule has 0 heterocycles. The molecule has 0 aliphatic heterocycles. The molecule has 25 heavy (non-hydrogen) atoms. The van der Waals surface area contributed by atoms with Gasteiger partial charge in [0.05, 0.1) is 11.9 Å². The second-order valence-corrected chi connectivity index (χ2v) is 7.96. The van der Waals surface area contributed by atoms with Gasteiger partial charge in [0.2, 0.25) is 15.9 Å². The number of carbonyl (C=O) groups is 1. The molecular weight excluding hydrogens is 360 g/mol. The van der Waals surface area contributed by atoms with Crippen molar-refractivity contribution >= 4 is 33.2 Å². The fourth-order valence-corrected chi connectivity index (χ4v) is 3.56. The Morgan fingerprint density at radius 3 is 2.36 bits per heavy atom. The molecule has 0 aliphatic rings. The summed E-state index contributed by atoms with van der Waals surface area (Å²) in [6.45, 7) is 0.606. The molecule has 134 valence electrons. The SMILES string of the molecule is CS(=O)(=O)N(CCCC(=O)NCc1ccccc1Cl)c1ccccc1. The summed E-state index contributed by atoms with van der Waals surface area (Å²) in [6, 6.07) is 16.2. The summed E-state index contributed by atoms with van der Waals surface area (Å²) < 4.78 is 25.2. The van der Waals surface area contributed by atoms with E-state index in [0.717, 1.165) is 11.8 Å². The predicted molar refractivity (Wildman–Crippen MR) is 101 cm³/mol. The highest BCUT2D eigenvalue weighted by Crippen LogP contribution is 2.17. The molecule has 2 aromatic rings. The molecule has 0 fully saturated rings. The normalized spacial score (nSPS) is 11.1. The van der Waals surface area contributed by atoms with Crippen LogP contribution in [0.2, 0.25) is 5.02 Å². The highest BCUT2D eigenvalue weighted by Gasteiger charge is 2.17. The zero-order chi connectivity index (χ0) is 18.3. The van der Waals surface area contributed by atoms with Gasteiger partial charge in [0.15, 0.2) is 0 Å². The zero-order valence-corrected chi connectivity index (χ0v) is 15.6. The summed E-state index contributed by atoms with van der Waals surface area (Å²) in [4.78, 5) is 12.0. The van der Waals surface area contributed by atoms with Gasteiger partial charge in [-0.1, -0.05) is 48.0 Å². The molecule has 0 unspecified atom stereocenters. The van der Waals surface area contributed by atoms with Crippen LogP contribution in [0, 0.1) is 0 Å². The number of hydrogen-bond donors (Lipinski definition) is 1. The minimum atomic E-state index is -3.39. The largest absolute Gasteiger partial charge is 0.352 e. The first-order chi connectivity index (χ1) is 11.9. The molecule has 0 saturated carbocycles. The van der Waals surface area contributed by atoms with Crippen molar-refractivity contribution in [1.82, 2.24) is 5.32 Å². The number of carbonyl (C=O) groups excluding carboxylic acids is 1. The molecule has 0 radical (unpaired) electrons. The molecule has 1 N–H and O–H groups in total. The monoisotopic (exact) mass is 380 g/mol. The Morgan fingerprint density at radius 2 is 1.72 bits per heavy atom. The first-order valence-electron chi connectivity index (χ1n) is 7.91. The molecule has 1 amide bonds. The number of benzene rings is 2. The van der Waals surface area contributed by atoms with E-state index in [-0.39, 0.29) is 18.9 Å². The van der Waals surface area contributed by atoms with Gasteiger partial charge in [0.1, 0.15) is 0 Å². The smallest absolute Gasteiger partial charge is 0.232 e. The standard InChI is InChI=1S/C18H21ClN2O3S/c1-25(23,24)21(16-9-3-2-4-10-16)13-7-12-18(22)20-14-15-8-5-6-11-17(15)19/h2-6,8-11H,7,12-14H2,1H3,(H,20,22). The summed E-state index contributed by atoms with van der Waals surface area (Å²) in [7, 11) is -3.39. The number of sulfonamides is 1. The van der Waals surface area contributed by atoms with Gasteiger partial charge in [-0.05, 0) is 30.2 Å². The number of hydrogen-bond acceptors (Lipinski definition) is 3. The summed E-state index contributed by atoms with van der Waals surface area (Å²) in [6.07, 6.45) is 1.83. The number of amides is 1. The fourth-order valence-electron chi connectivity index (χ4n) is 2.39. The molecule has 2 aromatic carbocycles. The highest BCUT2D eigenvalue weighted by atomic mass is 35.5. The zero-order valence-electron chi connectivity index (χ0n) is 14.0. The number of para-hydroxylation sites is 1. The summed E-state index contributed by atoms with van der Waals surface area (Å²) in [5.41, 5.74) is 1.45. The Balaban J connectivity index is 1.85. The Kier molecular flexibility index (Phi) is 6.84. The van der Waals surface area contributed by atoms with Crippen LogP contribution in [0.1, 0.15) is 18.4 Å². The van der Waals surface area contributed by atoms with Crippen LogP contribution in [-0.4, -0.2) is 27.1 Å².